The molecule has 0 amide bonds. The number of fused-ring (bicyclic) bond motifs is 1. The molecule has 0 saturated heterocycles. The molecule has 0 spiro atoms. The van der Waals surface area contributed by atoms with E-state index in [1.165, 1.54) is 6.07 Å². The average Bonchev–Trinajstić information content (AvgIpc) is 2.15. The quantitative estimate of drug-likeness (QED) is 0.742. The Morgan fingerprint density at radius 3 is 2.56 bits per heavy atom. The van der Waals surface area contributed by atoms with Gasteiger partial charge in [0.05, 0.1) is 0 Å². The Balaban J connectivity index is 2.94. The predicted octanol–water partition coefficient (Wildman–Crippen LogP) is 2.35. The lowest BCUT2D eigenvalue weighted by Gasteiger charge is -2.10. The van der Waals surface area contributed by atoms with Crippen LogP contribution in [0.1, 0.15) is 28.4 Å². The van der Waals surface area contributed by atoms with Crippen molar-refractivity contribution in [3.8, 4) is 0 Å². The van der Waals surface area contributed by atoms with Crippen LogP contribution in [0, 0.1) is 13.8 Å². The van der Waals surface area contributed by atoms with Crippen molar-refractivity contribution in [1.29, 1.82) is 0 Å². The fourth-order valence-electron chi connectivity index (χ4n) is 2.19. The summed E-state index contributed by atoms with van der Waals surface area (Å²) in [6.07, 6.45) is 0. The topological polar surface area (TPSA) is 49.9 Å². The molecule has 2 aromatic rings. The maximum absolute atomic E-state index is 11.5. The normalized spacial score (nSPS) is 10.7. The van der Waals surface area contributed by atoms with Crippen LogP contribution in [0.2, 0.25) is 0 Å². The van der Waals surface area contributed by atoms with Crippen LogP contribution in [0.25, 0.3) is 10.9 Å². The van der Waals surface area contributed by atoms with Crippen molar-refractivity contribution >= 4 is 16.7 Å². The zero-order valence-electron chi connectivity index (χ0n) is 9.55. The molecule has 1 aromatic carbocycles. The molecule has 0 aliphatic rings. The third-order valence-electron chi connectivity index (χ3n) is 2.84. The molecule has 0 bridgehead atoms. The van der Waals surface area contributed by atoms with E-state index in [0.717, 1.165) is 27.6 Å². The fraction of sp³-hybridized carbons (Fsp3) is 0.231. The molecule has 0 unspecified atom stereocenters. The number of Topliss-reactive ketones (excluding diaryl/α,β-unsaturated/α-hetero) is 1. The van der Waals surface area contributed by atoms with Gasteiger partial charge in [0.1, 0.15) is 0 Å². The smallest absolute Gasteiger partial charge is 0.248 e. The lowest BCUT2D eigenvalue weighted by Crippen LogP contribution is -2.06. The Morgan fingerprint density at radius 2 is 1.94 bits per heavy atom. The molecule has 16 heavy (non-hydrogen) atoms. The Kier molecular flexibility index (Phi) is 2.38. The number of aryl methyl sites for hydroxylation is 2. The molecule has 0 atom stereocenters. The zero-order valence-corrected chi connectivity index (χ0v) is 9.55. The Labute approximate surface area is 93.1 Å². The van der Waals surface area contributed by atoms with Gasteiger partial charge >= 0.3 is 0 Å². The van der Waals surface area contributed by atoms with E-state index in [-0.39, 0.29) is 11.3 Å². The van der Waals surface area contributed by atoms with Gasteiger partial charge < -0.3 is 4.98 Å². The Morgan fingerprint density at radius 1 is 1.25 bits per heavy atom. The molecule has 0 aliphatic carbocycles. The monoisotopic (exact) mass is 215 g/mol. The summed E-state index contributed by atoms with van der Waals surface area (Å²) in [5, 5.41) is 0.926. The first-order valence-corrected chi connectivity index (χ1v) is 5.15. The molecule has 0 saturated carbocycles. The first kappa shape index (κ1) is 10.6. The minimum atomic E-state index is -0.123. The van der Waals surface area contributed by atoms with Gasteiger partial charge in [0, 0.05) is 22.5 Å². The number of rotatable bonds is 1. The van der Waals surface area contributed by atoms with Crippen LogP contribution in [0.5, 0.6) is 0 Å². The number of carbonyl (C=O) groups is 1. The van der Waals surface area contributed by atoms with Gasteiger partial charge in [0.25, 0.3) is 0 Å². The van der Waals surface area contributed by atoms with E-state index in [2.05, 4.69) is 4.98 Å². The molecular weight excluding hydrogens is 202 g/mol. The van der Waals surface area contributed by atoms with Gasteiger partial charge in [-0.25, -0.2) is 0 Å². The van der Waals surface area contributed by atoms with Crippen molar-refractivity contribution in [3.63, 3.8) is 0 Å². The molecule has 3 heteroatoms. The third kappa shape index (κ3) is 1.54. The molecular formula is C13H13NO2. The highest BCUT2D eigenvalue weighted by Gasteiger charge is 2.11. The number of pyridine rings is 1. The van der Waals surface area contributed by atoms with Crippen LogP contribution in [0.15, 0.2) is 23.0 Å². The van der Waals surface area contributed by atoms with Crippen LogP contribution in [0.3, 0.4) is 0 Å². The predicted molar refractivity (Wildman–Crippen MR) is 64.0 cm³/mol. The van der Waals surface area contributed by atoms with Gasteiger partial charge in [-0.05, 0) is 44.0 Å². The Hall–Kier alpha value is -1.90. The molecule has 2 rings (SSSR count). The highest BCUT2D eigenvalue weighted by Crippen LogP contribution is 2.23. The van der Waals surface area contributed by atoms with Crippen LogP contribution >= 0.6 is 0 Å². The number of ketones is 1. The van der Waals surface area contributed by atoms with Crippen molar-refractivity contribution in [2.45, 2.75) is 20.8 Å². The molecule has 1 heterocycles. The van der Waals surface area contributed by atoms with E-state index >= 15 is 0 Å². The van der Waals surface area contributed by atoms with Gasteiger partial charge in [-0.2, -0.15) is 0 Å². The highest BCUT2D eigenvalue weighted by atomic mass is 16.1. The highest BCUT2D eigenvalue weighted by molar-refractivity contribution is 6.02. The SMILES string of the molecule is CC(=O)c1c(C)cc2[nH]c(=O)ccc2c1C. The lowest BCUT2D eigenvalue weighted by molar-refractivity contribution is 0.101. The molecule has 1 N–H and O–H groups in total. The number of nitrogens with one attached hydrogen (secondary N) is 1. The largest absolute Gasteiger partial charge is 0.322 e. The van der Waals surface area contributed by atoms with Gasteiger partial charge in [-0.1, -0.05) is 0 Å². The Bertz CT molecular complexity index is 638. The summed E-state index contributed by atoms with van der Waals surface area (Å²) in [6, 6.07) is 5.09. The van der Waals surface area contributed by atoms with Crippen molar-refractivity contribution in [2.24, 2.45) is 0 Å². The summed E-state index contributed by atoms with van der Waals surface area (Å²) in [5.41, 5.74) is 3.24. The van der Waals surface area contributed by atoms with Gasteiger partial charge in [0.15, 0.2) is 5.78 Å². The molecule has 3 nitrogen and oxygen atoms in total. The number of carbonyl (C=O) groups excluding carboxylic acids is 1. The van der Waals surface area contributed by atoms with Crippen LogP contribution in [-0.4, -0.2) is 10.8 Å². The number of H-pyrrole nitrogens is 1. The summed E-state index contributed by atoms with van der Waals surface area (Å²) in [6.45, 7) is 5.35. The second-order valence-corrected chi connectivity index (χ2v) is 4.03. The summed E-state index contributed by atoms with van der Waals surface area (Å²) in [7, 11) is 0. The average molecular weight is 215 g/mol. The maximum atomic E-state index is 11.5. The first-order valence-electron chi connectivity index (χ1n) is 5.15. The van der Waals surface area contributed by atoms with E-state index in [1.54, 1.807) is 13.0 Å². The maximum Gasteiger partial charge on any atom is 0.248 e. The summed E-state index contributed by atoms with van der Waals surface area (Å²) in [4.78, 5) is 25.5. The summed E-state index contributed by atoms with van der Waals surface area (Å²) < 4.78 is 0. The number of aromatic amines is 1. The third-order valence-corrected chi connectivity index (χ3v) is 2.84. The molecule has 0 fully saturated rings. The van der Waals surface area contributed by atoms with Crippen molar-refractivity contribution < 1.29 is 4.79 Å². The number of benzene rings is 1. The van der Waals surface area contributed by atoms with E-state index in [9.17, 15) is 9.59 Å². The van der Waals surface area contributed by atoms with E-state index < -0.39 is 0 Å². The van der Waals surface area contributed by atoms with Gasteiger partial charge in [-0.15, -0.1) is 0 Å². The van der Waals surface area contributed by atoms with Crippen LogP contribution in [-0.2, 0) is 0 Å². The molecule has 0 aliphatic heterocycles. The summed E-state index contributed by atoms with van der Waals surface area (Å²) >= 11 is 0. The van der Waals surface area contributed by atoms with Gasteiger partial charge in [-0.3, -0.25) is 9.59 Å². The van der Waals surface area contributed by atoms with Crippen LogP contribution in [0.4, 0.5) is 0 Å². The van der Waals surface area contributed by atoms with Gasteiger partial charge in [0.2, 0.25) is 5.56 Å². The minimum absolute atomic E-state index is 0.0584. The number of hydrogen-bond donors (Lipinski definition) is 1. The molecule has 0 radical (unpaired) electrons. The van der Waals surface area contributed by atoms with E-state index in [1.807, 2.05) is 19.9 Å². The standard InChI is InChI=1S/C13H13NO2/c1-7-6-11-10(4-5-12(16)14-11)8(2)13(7)9(3)15/h4-6H,1-3H3,(H,14,16). The van der Waals surface area contributed by atoms with E-state index in [0.29, 0.717) is 0 Å². The number of hydrogen-bond acceptors (Lipinski definition) is 2. The fourth-order valence-corrected chi connectivity index (χ4v) is 2.19. The van der Waals surface area contributed by atoms with Crippen molar-refractivity contribution in [1.82, 2.24) is 4.98 Å². The molecule has 1 aromatic heterocycles. The zero-order chi connectivity index (χ0) is 11.9. The van der Waals surface area contributed by atoms with Crippen LogP contribution < -0.4 is 5.56 Å². The molecule has 82 valence electrons. The summed E-state index contributed by atoms with van der Waals surface area (Å²) in [5.74, 6) is 0.0584. The van der Waals surface area contributed by atoms with Crippen molar-refractivity contribution in [2.75, 3.05) is 0 Å². The second-order valence-electron chi connectivity index (χ2n) is 4.03. The minimum Gasteiger partial charge on any atom is -0.322 e. The first-order chi connectivity index (χ1) is 7.50. The lowest BCUT2D eigenvalue weighted by atomic mass is 9.96. The van der Waals surface area contributed by atoms with Crippen molar-refractivity contribution in [3.05, 3.63) is 45.2 Å². The second kappa shape index (κ2) is 3.59. The number of aromatic nitrogens is 1. The van der Waals surface area contributed by atoms with E-state index in [4.69, 9.17) is 0 Å².